The van der Waals surface area contributed by atoms with Crippen LogP contribution in [-0.2, 0) is 10.8 Å². The number of hydrogen-bond donors (Lipinski definition) is 1. The van der Waals surface area contributed by atoms with Crippen molar-refractivity contribution in [3.63, 3.8) is 0 Å². The van der Waals surface area contributed by atoms with E-state index in [4.69, 9.17) is 5.73 Å². The van der Waals surface area contributed by atoms with Crippen LogP contribution in [0, 0.1) is 0 Å². The monoisotopic (exact) mass is 231 g/mol. The van der Waals surface area contributed by atoms with Gasteiger partial charge in [-0.25, -0.2) is 0 Å². The summed E-state index contributed by atoms with van der Waals surface area (Å²) in [5.41, 5.74) is 6.11. The van der Waals surface area contributed by atoms with Gasteiger partial charge in [-0.15, -0.1) is 0 Å². The van der Waals surface area contributed by atoms with Gasteiger partial charge in [0.25, 0.3) is 0 Å². The Bertz CT molecular complexity index is 202. The lowest BCUT2D eigenvalue weighted by Gasteiger charge is -2.24. The predicted molar refractivity (Wildman–Crippen MR) is 67.4 cm³/mol. The molecular formula is C12H25NOS. The van der Waals surface area contributed by atoms with E-state index in [0.29, 0.717) is 5.25 Å². The first-order chi connectivity index (χ1) is 7.20. The van der Waals surface area contributed by atoms with Crippen LogP contribution in [0.5, 0.6) is 0 Å². The van der Waals surface area contributed by atoms with Crippen LogP contribution in [0.15, 0.2) is 0 Å². The lowest BCUT2D eigenvalue weighted by atomic mass is 10.1. The summed E-state index contributed by atoms with van der Waals surface area (Å²) >= 11 is 0. The molecule has 1 rings (SSSR count). The summed E-state index contributed by atoms with van der Waals surface area (Å²) in [4.78, 5) is 0. The largest absolute Gasteiger partial charge is 0.327 e. The van der Waals surface area contributed by atoms with E-state index in [0.717, 1.165) is 32.1 Å². The summed E-state index contributed by atoms with van der Waals surface area (Å²) in [6.45, 7) is 4.26. The zero-order valence-corrected chi connectivity index (χ0v) is 10.9. The van der Waals surface area contributed by atoms with Crippen LogP contribution >= 0.6 is 0 Å². The fourth-order valence-electron chi connectivity index (χ4n) is 2.53. The third-order valence-corrected chi connectivity index (χ3v) is 5.84. The molecule has 3 heteroatoms. The zero-order chi connectivity index (χ0) is 11.3. The summed E-state index contributed by atoms with van der Waals surface area (Å²) in [6.07, 6.45) is 7.90. The van der Waals surface area contributed by atoms with Crippen LogP contribution in [0.4, 0.5) is 0 Å². The maximum Gasteiger partial charge on any atom is 0.0499 e. The van der Waals surface area contributed by atoms with E-state index >= 15 is 0 Å². The van der Waals surface area contributed by atoms with Crippen molar-refractivity contribution in [3.8, 4) is 0 Å². The first kappa shape index (κ1) is 13.2. The third kappa shape index (κ3) is 3.56. The van der Waals surface area contributed by atoms with Gasteiger partial charge in [0.1, 0.15) is 0 Å². The quantitative estimate of drug-likeness (QED) is 0.763. The maximum atomic E-state index is 12.3. The maximum absolute atomic E-state index is 12.3. The van der Waals surface area contributed by atoms with Crippen molar-refractivity contribution in [2.45, 2.75) is 75.3 Å². The lowest BCUT2D eigenvalue weighted by molar-refractivity contribution is 0.545. The highest BCUT2D eigenvalue weighted by molar-refractivity contribution is 7.86. The van der Waals surface area contributed by atoms with Gasteiger partial charge >= 0.3 is 0 Å². The topological polar surface area (TPSA) is 43.1 Å². The molecule has 3 unspecified atom stereocenters. The summed E-state index contributed by atoms with van der Waals surface area (Å²) in [7, 11) is -0.690. The molecule has 0 bridgehead atoms. The average Bonchev–Trinajstić information content (AvgIpc) is 2.71. The molecule has 1 saturated carbocycles. The van der Waals surface area contributed by atoms with Crippen molar-refractivity contribution in [2.24, 2.45) is 5.73 Å². The van der Waals surface area contributed by atoms with Crippen molar-refractivity contribution in [1.29, 1.82) is 0 Å². The molecule has 90 valence electrons. The molecule has 0 aliphatic heterocycles. The minimum Gasteiger partial charge on any atom is -0.327 e. The second-order valence-corrected chi connectivity index (χ2v) is 6.56. The van der Waals surface area contributed by atoms with Crippen LogP contribution in [-0.4, -0.2) is 20.8 Å². The van der Waals surface area contributed by atoms with Gasteiger partial charge in [0.05, 0.1) is 0 Å². The van der Waals surface area contributed by atoms with Gasteiger partial charge in [0.2, 0.25) is 0 Å². The summed E-state index contributed by atoms with van der Waals surface area (Å²) in [5, 5.41) is 0.672. The summed E-state index contributed by atoms with van der Waals surface area (Å²) < 4.78 is 12.3. The van der Waals surface area contributed by atoms with E-state index < -0.39 is 10.8 Å². The molecule has 15 heavy (non-hydrogen) atoms. The molecule has 0 aromatic carbocycles. The van der Waals surface area contributed by atoms with Gasteiger partial charge in [-0.1, -0.05) is 33.1 Å². The normalized spacial score (nSPS) is 23.9. The Morgan fingerprint density at radius 3 is 2.40 bits per heavy atom. The summed E-state index contributed by atoms with van der Waals surface area (Å²) in [5.74, 6) is 0. The number of nitrogens with two attached hydrogens (primary N) is 1. The Morgan fingerprint density at radius 2 is 1.93 bits per heavy atom. The molecule has 1 aliphatic carbocycles. The predicted octanol–water partition coefficient (Wildman–Crippen LogP) is 2.58. The van der Waals surface area contributed by atoms with Gasteiger partial charge in [-0.3, -0.25) is 4.21 Å². The fourth-order valence-corrected chi connectivity index (χ4v) is 4.63. The van der Waals surface area contributed by atoms with Crippen molar-refractivity contribution >= 4 is 10.8 Å². The Morgan fingerprint density at radius 1 is 1.33 bits per heavy atom. The first-order valence-electron chi connectivity index (χ1n) is 6.35. The van der Waals surface area contributed by atoms with Crippen molar-refractivity contribution in [3.05, 3.63) is 0 Å². The van der Waals surface area contributed by atoms with Gasteiger partial charge < -0.3 is 5.73 Å². The molecule has 2 N–H and O–H groups in total. The highest BCUT2D eigenvalue weighted by Gasteiger charge is 2.29. The van der Waals surface area contributed by atoms with E-state index in [9.17, 15) is 4.21 Å². The summed E-state index contributed by atoms with van der Waals surface area (Å²) in [6, 6.07) is 0.140. The first-order valence-corrected chi connectivity index (χ1v) is 7.63. The molecule has 0 spiro atoms. The highest BCUT2D eigenvalue weighted by Crippen LogP contribution is 2.27. The van der Waals surface area contributed by atoms with E-state index in [1.165, 1.54) is 12.8 Å². The molecule has 3 atom stereocenters. The molecular weight excluding hydrogens is 206 g/mol. The van der Waals surface area contributed by atoms with Crippen LogP contribution < -0.4 is 5.73 Å². The van der Waals surface area contributed by atoms with Crippen molar-refractivity contribution in [2.75, 3.05) is 0 Å². The smallest absolute Gasteiger partial charge is 0.0499 e. The SMILES string of the molecule is CCCC(N)C(CC)S(=O)C1CCCC1. The van der Waals surface area contributed by atoms with Gasteiger partial charge in [-0.05, 0) is 25.7 Å². The molecule has 0 aromatic rings. The Hall–Kier alpha value is 0.110. The molecule has 0 aromatic heterocycles. The molecule has 0 heterocycles. The van der Waals surface area contributed by atoms with E-state index in [1.807, 2.05) is 0 Å². The van der Waals surface area contributed by atoms with Crippen LogP contribution in [0.3, 0.4) is 0 Å². The molecule has 0 amide bonds. The van der Waals surface area contributed by atoms with Crippen LogP contribution in [0.25, 0.3) is 0 Å². The Kier molecular flexibility index (Phi) is 5.83. The average molecular weight is 231 g/mol. The minimum absolute atomic E-state index is 0.140. The minimum atomic E-state index is -0.690. The highest BCUT2D eigenvalue weighted by atomic mass is 32.2. The Labute approximate surface area is 96.5 Å². The zero-order valence-electron chi connectivity index (χ0n) is 10.1. The van der Waals surface area contributed by atoms with Crippen LogP contribution in [0.2, 0.25) is 0 Å². The molecule has 0 radical (unpaired) electrons. The standard InChI is InChI=1S/C12H25NOS/c1-3-7-11(13)12(4-2)15(14)10-8-5-6-9-10/h10-12H,3-9,13H2,1-2H3. The fraction of sp³-hybridized carbons (Fsp3) is 1.00. The van der Waals surface area contributed by atoms with E-state index in [-0.39, 0.29) is 11.3 Å². The van der Waals surface area contributed by atoms with E-state index in [1.54, 1.807) is 0 Å². The lowest BCUT2D eigenvalue weighted by Crippen LogP contribution is -2.40. The molecule has 2 nitrogen and oxygen atoms in total. The number of rotatable bonds is 6. The van der Waals surface area contributed by atoms with Gasteiger partial charge in [0, 0.05) is 27.3 Å². The van der Waals surface area contributed by atoms with Crippen molar-refractivity contribution in [1.82, 2.24) is 0 Å². The molecule has 1 fully saturated rings. The third-order valence-electron chi connectivity index (χ3n) is 3.43. The van der Waals surface area contributed by atoms with Gasteiger partial charge in [-0.2, -0.15) is 0 Å². The van der Waals surface area contributed by atoms with Gasteiger partial charge in [0.15, 0.2) is 0 Å². The second kappa shape index (κ2) is 6.64. The molecule has 1 aliphatic rings. The van der Waals surface area contributed by atoms with Crippen molar-refractivity contribution < 1.29 is 4.21 Å². The number of hydrogen-bond acceptors (Lipinski definition) is 2. The van der Waals surface area contributed by atoms with E-state index in [2.05, 4.69) is 13.8 Å². The van der Waals surface area contributed by atoms with Crippen LogP contribution in [0.1, 0.15) is 58.8 Å². The molecule has 0 saturated heterocycles. The Balaban J connectivity index is 2.52. The second-order valence-electron chi connectivity index (χ2n) is 4.63.